The molecule has 11 heteroatoms. The van der Waals surface area contributed by atoms with Crippen LogP contribution in [0.5, 0.6) is 11.5 Å². The first kappa shape index (κ1) is 33.2. The number of nitrogens with one attached hydrogen (secondary N) is 1. The number of benzene rings is 2. The van der Waals surface area contributed by atoms with Gasteiger partial charge in [0.1, 0.15) is 17.1 Å². The number of rotatable bonds is 5. The molecule has 1 saturated heterocycles. The minimum atomic E-state index is -3.65. The van der Waals surface area contributed by atoms with Crippen LogP contribution in [0, 0.1) is 6.92 Å². The molecule has 1 fully saturated rings. The van der Waals surface area contributed by atoms with Crippen molar-refractivity contribution in [3.8, 4) is 11.5 Å². The van der Waals surface area contributed by atoms with Gasteiger partial charge >= 0.3 is 6.09 Å². The first-order chi connectivity index (χ1) is 21.4. The minimum absolute atomic E-state index is 0.0776. The van der Waals surface area contributed by atoms with Gasteiger partial charge in [0.2, 0.25) is 10.0 Å². The fourth-order valence-corrected chi connectivity index (χ4v) is 7.16. The molecule has 0 radical (unpaired) electrons. The summed E-state index contributed by atoms with van der Waals surface area (Å²) < 4.78 is 53.8. The van der Waals surface area contributed by atoms with E-state index < -0.39 is 21.7 Å². The van der Waals surface area contributed by atoms with Crippen molar-refractivity contribution in [1.29, 1.82) is 0 Å². The minimum Gasteiger partial charge on any atom is -0.496 e. The number of hydrogen-bond acceptors (Lipinski definition) is 8. The summed E-state index contributed by atoms with van der Waals surface area (Å²) in [4.78, 5) is 15.7. The molecule has 45 heavy (non-hydrogen) atoms. The van der Waals surface area contributed by atoms with E-state index in [0.717, 1.165) is 85.0 Å². The standard InChI is InChI=1S/C34H47N3O7S/c1-23-19-30(41-6)28(26-14-16-37(32(23)26)33(38)44-34(2,3)4)22-36-15-13-24-20-29(36)27-12-11-25(45(39,40)35-5)21-31(27)43-18-10-8-7-9-17-42-24/h11-12,14,16,19,21,24,29,35H,7-10,13,15,17-18,20,22H2,1-6H3/t24-,29-/m0/s1. The van der Waals surface area contributed by atoms with Crippen LogP contribution in [0.3, 0.4) is 0 Å². The van der Waals surface area contributed by atoms with Crippen LogP contribution in [0.2, 0.25) is 0 Å². The Hall–Kier alpha value is -3.12. The Kier molecular flexibility index (Phi) is 10.1. The Bertz CT molecular complexity index is 1630. The van der Waals surface area contributed by atoms with Crippen LogP contribution in [-0.2, 0) is 26.0 Å². The summed E-state index contributed by atoms with van der Waals surface area (Å²) in [5.74, 6) is 1.33. The fourth-order valence-electron chi connectivity index (χ4n) is 6.41. The van der Waals surface area contributed by atoms with Crippen molar-refractivity contribution in [3.05, 3.63) is 53.2 Å². The molecule has 0 spiro atoms. The van der Waals surface area contributed by atoms with E-state index in [-0.39, 0.29) is 17.0 Å². The Labute approximate surface area is 267 Å². The third kappa shape index (κ3) is 7.48. The monoisotopic (exact) mass is 641 g/mol. The number of sulfonamides is 1. The van der Waals surface area contributed by atoms with E-state index in [1.807, 2.05) is 45.9 Å². The van der Waals surface area contributed by atoms with Crippen molar-refractivity contribution in [3.63, 3.8) is 0 Å². The molecule has 246 valence electrons. The molecule has 1 N–H and O–H groups in total. The number of fused-ring (bicyclic) bond motifs is 5. The molecule has 1 aromatic heterocycles. The molecule has 0 saturated carbocycles. The second-order valence-electron chi connectivity index (χ2n) is 13.0. The van der Waals surface area contributed by atoms with Crippen molar-refractivity contribution in [2.24, 2.45) is 0 Å². The van der Waals surface area contributed by atoms with Crippen molar-refractivity contribution >= 4 is 27.0 Å². The zero-order valence-corrected chi connectivity index (χ0v) is 28.2. The highest BCUT2D eigenvalue weighted by atomic mass is 32.2. The summed E-state index contributed by atoms with van der Waals surface area (Å²) in [5.41, 5.74) is 2.98. The van der Waals surface area contributed by atoms with Crippen molar-refractivity contribution in [2.75, 3.05) is 33.9 Å². The highest BCUT2D eigenvalue weighted by molar-refractivity contribution is 7.89. The summed E-state index contributed by atoms with van der Waals surface area (Å²) in [5, 5.41) is 0.924. The van der Waals surface area contributed by atoms with Crippen LogP contribution >= 0.6 is 0 Å². The summed E-state index contributed by atoms with van der Waals surface area (Å²) >= 11 is 0. The Morgan fingerprint density at radius 1 is 1.09 bits per heavy atom. The van der Waals surface area contributed by atoms with Crippen LogP contribution in [0.4, 0.5) is 4.79 Å². The molecule has 2 aliphatic heterocycles. The number of ether oxygens (including phenoxy) is 4. The summed E-state index contributed by atoms with van der Waals surface area (Å²) in [6.07, 6.45) is 7.01. The normalized spacial score (nSPS) is 20.3. The lowest BCUT2D eigenvalue weighted by molar-refractivity contribution is -0.0203. The number of aryl methyl sites for hydroxylation is 1. The molecule has 0 amide bonds. The molecule has 2 aromatic carbocycles. The maximum Gasteiger partial charge on any atom is 0.419 e. The molecule has 3 aromatic rings. The third-order valence-corrected chi connectivity index (χ3v) is 10.1. The molecule has 10 nitrogen and oxygen atoms in total. The largest absolute Gasteiger partial charge is 0.496 e. The van der Waals surface area contributed by atoms with Gasteiger partial charge in [-0.15, -0.1) is 0 Å². The predicted molar refractivity (Wildman–Crippen MR) is 174 cm³/mol. The molecular weight excluding hydrogens is 594 g/mol. The van der Waals surface area contributed by atoms with Gasteiger partial charge in [-0.05, 0) is 90.6 Å². The van der Waals surface area contributed by atoms with Gasteiger partial charge < -0.3 is 18.9 Å². The highest BCUT2D eigenvalue weighted by Gasteiger charge is 2.34. The average molecular weight is 642 g/mol. The van der Waals surface area contributed by atoms with Crippen LogP contribution in [0.25, 0.3) is 10.9 Å². The first-order valence-electron chi connectivity index (χ1n) is 15.9. The number of carbonyl (C=O) groups is 1. The smallest absolute Gasteiger partial charge is 0.419 e. The number of methoxy groups -OCH3 is 1. The maximum atomic E-state index is 13.2. The van der Waals surface area contributed by atoms with Crippen LogP contribution in [-0.4, -0.2) is 69.6 Å². The van der Waals surface area contributed by atoms with Gasteiger partial charge in [-0.2, -0.15) is 0 Å². The second kappa shape index (κ2) is 13.7. The van der Waals surface area contributed by atoms with E-state index in [0.29, 0.717) is 18.9 Å². The Balaban J connectivity index is 1.58. The van der Waals surface area contributed by atoms with Gasteiger partial charge in [0, 0.05) is 54.5 Å². The van der Waals surface area contributed by atoms with E-state index >= 15 is 0 Å². The quantitative estimate of drug-likeness (QED) is 0.345. The molecule has 5 rings (SSSR count). The predicted octanol–water partition coefficient (Wildman–Crippen LogP) is 6.32. The van der Waals surface area contributed by atoms with Gasteiger partial charge in [0.25, 0.3) is 0 Å². The number of likely N-dealkylation sites (tertiary alicyclic amines) is 1. The van der Waals surface area contributed by atoms with Crippen LogP contribution in [0.1, 0.15) is 82.0 Å². The molecule has 2 bridgehead atoms. The number of nitrogens with zero attached hydrogens (tertiary/aromatic N) is 2. The van der Waals surface area contributed by atoms with E-state index in [2.05, 4.69) is 9.62 Å². The Morgan fingerprint density at radius 2 is 1.84 bits per heavy atom. The highest BCUT2D eigenvalue weighted by Crippen LogP contribution is 2.42. The number of aromatic nitrogens is 1. The SMILES string of the molecule is CNS(=O)(=O)c1ccc2c(c1)OCCCCCCO[C@H]1CCN(Cc3c(OC)cc(C)c4c3ccn4C(=O)OC(C)(C)C)[C@H]2C1. The lowest BCUT2D eigenvalue weighted by atomic mass is 9.91. The van der Waals surface area contributed by atoms with E-state index in [9.17, 15) is 13.2 Å². The average Bonchev–Trinajstić information content (AvgIpc) is 3.45. The zero-order chi connectivity index (χ0) is 32.4. The van der Waals surface area contributed by atoms with Crippen molar-refractivity contribution < 1.29 is 32.2 Å². The topological polar surface area (TPSA) is 108 Å². The van der Waals surface area contributed by atoms with Gasteiger partial charge in [-0.1, -0.05) is 12.5 Å². The lowest BCUT2D eigenvalue weighted by Gasteiger charge is -2.40. The number of hydrogen-bond donors (Lipinski definition) is 1. The van der Waals surface area contributed by atoms with Gasteiger partial charge in [0.05, 0.1) is 30.2 Å². The summed E-state index contributed by atoms with van der Waals surface area (Å²) in [7, 11) is -0.570. The van der Waals surface area contributed by atoms with Crippen molar-refractivity contribution in [2.45, 2.75) is 95.4 Å². The van der Waals surface area contributed by atoms with E-state index in [1.165, 1.54) is 7.05 Å². The van der Waals surface area contributed by atoms with Crippen LogP contribution < -0.4 is 14.2 Å². The molecule has 2 aliphatic rings. The number of carbonyl (C=O) groups excluding carboxylic acids is 1. The van der Waals surface area contributed by atoms with Crippen molar-refractivity contribution in [1.82, 2.24) is 14.2 Å². The first-order valence-corrected chi connectivity index (χ1v) is 17.4. The van der Waals surface area contributed by atoms with Gasteiger partial charge in [-0.25, -0.2) is 17.9 Å². The second-order valence-corrected chi connectivity index (χ2v) is 14.9. The molecule has 3 heterocycles. The van der Waals surface area contributed by atoms with E-state index in [4.69, 9.17) is 18.9 Å². The Morgan fingerprint density at radius 3 is 2.56 bits per heavy atom. The van der Waals surface area contributed by atoms with Gasteiger partial charge in [-0.3, -0.25) is 9.47 Å². The van der Waals surface area contributed by atoms with Crippen LogP contribution in [0.15, 0.2) is 41.4 Å². The fraction of sp³-hybridized carbons (Fsp3) is 0.559. The van der Waals surface area contributed by atoms with Gasteiger partial charge in [0.15, 0.2) is 0 Å². The third-order valence-electron chi connectivity index (χ3n) is 8.64. The molecular formula is C34H47N3O7S. The lowest BCUT2D eigenvalue weighted by Crippen LogP contribution is -2.39. The number of piperidine rings is 1. The van der Waals surface area contributed by atoms with E-state index in [1.54, 1.807) is 30.0 Å². The summed E-state index contributed by atoms with van der Waals surface area (Å²) in [6.45, 7) is 10.1. The maximum absolute atomic E-state index is 13.2. The molecule has 0 unspecified atom stereocenters. The summed E-state index contributed by atoms with van der Waals surface area (Å²) in [6, 6.07) is 9.02. The zero-order valence-electron chi connectivity index (χ0n) is 27.4. The molecule has 0 aliphatic carbocycles. The molecule has 2 atom stereocenters.